The number of pyridine rings is 1. The molecule has 0 fully saturated rings. The number of hydrogen-bond donors (Lipinski definition) is 1. The molecule has 2 rings (SSSR count). The van der Waals surface area contributed by atoms with Gasteiger partial charge >= 0.3 is 5.97 Å². The Morgan fingerprint density at radius 3 is 2.70 bits per heavy atom. The van der Waals surface area contributed by atoms with Crippen molar-refractivity contribution >= 4 is 17.3 Å². The molecule has 0 aliphatic carbocycles. The van der Waals surface area contributed by atoms with Crippen molar-refractivity contribution in [3.8, 4) is 0 Å². The lowest BCUT2D eigenvalue weighted by atomic mass is 10.1. The van der Waals surface area contributed by atoms with Crippen LogP contribution in [-0.2, 0) is 13.0 Å². The van der Waals surface area contributed by atoms with E-state index >= 15 is 0 Å². The summed E-state index contributed by atoms with van der Waals surface area (Å²) in [5.74, 6) is -1.01. The number of nitrogens with zero attached hydrogens (tertiary/aromatic N) is 2. The van der Waals surface area contributed by atoms with Crippen LogP contribution in [0.3, 0.4) is 0 Å². The predicted molar refractivity (Wildman–Crippen MR) is 77.7 cm³/mol. The summed E-state index contributed by atoms with van der Waals surface area (Å²) in [6, 6.07) is 1.37. The van der Waals surface area contributed by atoms with E-state index in [2.05, 4.69) is 4.98 Å². The van der Waals surface area contributed by atoms with E-state index in [0.29, 0.717) is 17.8 Å². The minimum atomic E-state index is -1.01. The number of carboxylic acid groups (broad SMARTS) is 1. The van der Waals surface area contributed by atoms with Crippen LogP contribution in [0.4, 0.5) is 0 Å². The van der Waals surface area contributed by atoms with Crippen LogP contribution in [0.25, 0.3) is 0 Å². The summed E-state index contributed by atoms with van der Waals surface area (Å²) >= 11 is 1.55. The number of aryl methyl sites for hydroxylation is 2. The first-order valence-corrected chi connectivity index (χ1v) is 7.13. The Labute approximate surface area is 120 Å². The number of aromatic nitrogens is 2. The number of rotatable bonds is 4. The Bertz CT molecular complexity index is 716. The first-order chi connectivity index (χ1) is 9.43. The molecule has 0 saturated carbocycles. The lowest BCUT2D eigenvalue weighted by Gasteiger charge is -2.12. The van der Waals surface area contributed by atoms with Crippen LogP contribution in [0, 0.1) is 13.8 Å². The van der Waals surface area contributed by atoms with Gasteiger partial charge in [-0.25, -0.2) is 9.78 Å². The first-order valence-electron chi connectivity index (χ1n) is 6.32. The summed E-state index contributed by atoms with van der Waals surface area (Å²) in [4.78, 5) is 28.8. The van der Waals surface area contributed by atoms with Gasteiger partial charge in [-0.15, -0.1) is 11.3 Å². The Hall–Kier alpha value is -1.95. The van der Waals surface area contributed by atoms with Crippen molar-refractivity contribution in [3.63, 3.8) is 0 Å². The lowest BCUT2D eigenvalue weighted by molar-refractivity contribution is 0.0694. The van der Waals surface area contributed by atoms with Crippen LogP contribution >= 0.6 is 11.3 Å². The molecule has 2 aromatic heterocycles. The molecular weight excluding hydrogens is 276 g/mol. The fourth-order valence-corrected chi connectivity index (χ4v) is 3.01. The van der Waals surface area contributed by atoms with Crippen molar-refractivity contribution in [2.24, 2.45) is 0 Å². The largest absolute Gasteiger partial charge is 0.478 e. The highest BCUT2D eigenvalue weighted by Gasteiger charge is 2.16. The smallest absolute Gasteiger partial charge is 0.337 e. The maximum absolute atomic E-state index is 12.1. The molecule has 0 aliphatic rings. The third-order valence-corrected chi connectivity index (χ3v) is 4.35. The molecule has 20 heavy (non-hydrogen) atoms. The Kier molecular flexibility index (Phi) is 4.04. The molecule has 0 atom stereocenters. The molecule has 106 valence electrons. The summed E-state index contributed by atoms with van der Waals surface area (Å²) < 4.78 is 1.47. The van der Waals surface area contributed by atoms with E-state index in [4.69, 9.17) is 0 Å². The molecule has 2 heterocycles. The number of carbonyl (C=O) groups is 1. The fourth-order valence-electron chi connectivity index (χ4n) is 2.16. The monoisotopic (exact) mass is 292 g/mol. The van der Waals surface area contributed by atoms with E-state index in [1.54, 1.807) is 31.4 Å². The first kappa shape index (κ1) is 14.5. The number of thiazole rings is 1. The summed E-state index contributed by atoms with van der Waals surface area (Å²) in [6.07, 6.45) is 2.70. The second-order valence-electron chi connectivity index (χ2n) is 4.59. The van der Waals surface area contributed by atoms with E-state index < -0.39 is 5.97 Å². The summed E-state index contributed by atoms with van der Waals surface area (Å²) in [5, 5.41) is 10.1. The zero-order valence-corrected chi connectivity index (χ0v) is 12.5. The quantitative estimate of drug-likeness (QED) is 0.938. The van der Waals surface area contributed by atoms with Gasteiger partial charge in [0.25, 0.3) is 5.56 Å². The highest BCUT2D eigenvalue weighted by atomic mass is 32.1. The molecule has 0 bridgehead atoms. The summed E-state index contributed by atoms with van der Waals surface area (Å²) in [6.45, 7) is 5.66. The topological polar surface area (TPSA) is 72.2 Å². The van der Waals surface area contributed by atoms with Crippen molar-refractivity contribution in [3.05, 3.63) is 49.3 Å². The molecule has 0 radical (unpaired) electrons. The van der Waals surface area contributed by atoms with Gasteiger partial charge in [0.05, 0.1) is 12.1 Å². The van der Waals surface area contributed by atoms with Gasteiger partial charge < -0.3 is 9.67 Å². The van der Waals surface area contributed by atoms with Crippen LogP contribution < -0.4 is 5.56 Å². The summed E-state index contributed by atoms with van der Waals surface area (Å²) in [7, 11) is 0. The fraction of sp³-hybridized carbons (Fsp3) is 0.357. The van der Waals surface area contributed by atoms with Crippen LogP contribution in [0.15, 0.2) is 17.1 Å². The van der Waals surface area contributed by atoms with Crippen molar-refractivity contribution in [2.45, 2.75) is 33.7 Å². The van der Waals surface area contributed by atoms with Crippen molar-refractivity contribution in [2.75, 3.05) is 0 Å². The Morgan fingerprint density at radius 1 is 1.45 bits per heavy atom. The highest BCUT2D eigenvalue weighted by Crippen LogP contribution is 2.17. The molecule has 6 heteroatoms. The maximum atomic E-state index is 12.1. The highest BCUT2D eigenvalue weighted by molar-refractivity contribution is 7.11. The van der Waals surface area contributed by atoms with Gasteiger partial charge in [0, 0.05) is 22.8 Å². The third kappa shape index (κ3) is 2.65. The van der Waals surface area contributed by atoms with Gasteiger partial charge in [-0.05, 0) is 25.8 Å². The van der Waals surface area contributed by atoms with Gasteiger partial charge in [-0.3, -0.25) is 4.79 Å². The predicted octanol–water partition coefficient (Wildman–Crippen LogP) is 2.23. The molecule has 5 nitrogen and oxygen atoms in total. The number of carboxylic acids is 1. The van der Waals surface area contributed by atoms with Crippen LogP contribution in [0.2, 0.25) is 0 Å². The Morgan fingerprint density at radius 2 is 2.15 bits per heavy atom. The van der Waals surface area contributed by atoms with Gasteiger partial charge in [0.1, 0.15) is 5.01 Å². The lowest BCUT2D eigenvalue weighted by Crippen LogP contribution is -2.25. The maximum Gasteiger partial charge on any atom is 0.337 e. The number of aromatic carboxylic acids is 1. The van der Waals surface area contributed by atoms with E-state index in [1.165, 1.54) is 10.6 Å². The molecular formula is C14H16N2O3S. The minimum Gasteiger partial charge on any atom is -0.478 e. The van der Waals surface area contributed by atoms with Gasteiger partial charge in [0.2, 0.25) is 0 Å². The van der Waals surface area contributed by atoms with E-state index in [-0.39, 0.29) is 11.1 Å². The van der Waals surface area contributed by atoms with E-state index in [1.807, 2.05) is 6.92 Å². The second-order valence-corrected chi connectivity index (χ2v) is 5.79. The van der Waals surface area contributed by atoms with E-state index in [9.17, 15) is 14.7 Å². The molecule has 0 amide bonds. The van der Waals surface area contributed by atoms with Crippen molar-refractivity contribution < 1.29 is 9.90 Å². The van der Waals surface area contributed by atoms with Gasteiger partial charge in [-0.1, -0.05) is 6.92 Å². The normalized spacial score (nSPS) is 10.8. The third-order valence-electron chi connectivity index (χ3n) is 3.22. The average molecular weight is 292 g/mol. The minimum absolute atomic E-state index is 0.192. The van der Waals surface area contributed by atoms with Crippen LogP contribution in [0.5, 0.6) is 0 Å². The molecule has 0 spiro atoms. The van der Waals surface area contributed by atoms with E-state index in [0.717, 1.165) is 16.3 Å². The molecule has 0 aromatic carbocycles. The molecule has 0 saturated heterocycles. The SMILES string of the molecule is CCc1cnc(Cn2c(C)c(C(=O)O)c(C)cc2=O)s1. The van der Waals surface area contributed by atoms with Crippen molar-refractivity contribution in [1.29, 1.82) is 0 Å². The zero-order valence-electron chi connectivity index (χ0n) is 11.6. The molecule has 0 unspecified atom stereocenters. The van der Waals surface area contributed by atoms with Gasteiger partial charge in [-0.2, -0.15) is 0 Å². The van der Waals surface area contributed by atoms with Gasteiger partial charge in [0.15, 0.2) is 0 Å². The van der Waals surface area contributed by atoms with Crippen LogP contribution in [-0.4, -0.2) is 20.6 Å². The molecule has 1 N–H and O–H groups in total. The zero-order chi connectivity index (χ0) is 14.9. The number of hydrogen-bond acceptors (Lipinski definition) is 4. The standard InChI is InChI=1S/C14H16N2O3S/c1-4-10-6-15-11(20-10)7-16-9(3)13(14(18)19)8(2)5-12(16)17/h5-6H,4,7H2,1-3H3,(H,18,19). The second kappa shape index (κ2) is 5.58. The van der Waals surface area contributed by atoms with Crippen molar-refractivity contribution in [1.82, 2.24) is 9.55 Å². The average Bonchev–Trinajstić information content (AvgIpc) is 2.81. The summed E-state index contributed by atoms with van der Waals surface area (Å²) in [5.41, 5.74) is 0.954. The molecule has 0 aliphatic heterocycles. The molecule has 2 aromatic rings. The van der Waals surface area contributed by atoms with Crippen LogP contribution in [0.1, 0.15) is 38.4 Å². The Balaban J connectivity index is 2.48.